The van der Waals surface area contributed by atoms with Gasteiger partial charge in [0.15, 0.2) is 0 Å². The first kappa shape index (κ1) is 30.9. The van der Waals surface area contributed by atoms with Crippen LogP contribution in [0.5, 0.6) is 11.6 Å². The van der Waals surface area contributed by atoms with Crippen LogP contribution in [0.1, 0.15) is 58.4 Å². The minimum Gasteiger partial charge on any atom is -0.438 e. The van der Waals surface area contributed by atoms with Gasteiger partial charge in [0.1, 0.15) is 17.1 Å². The Morgan fingerprint density at radius 1 is 0.804 bits per heavy atom. The first-order valence-corrected chi connectivity index (χ1v) is 15.6. The van der Waals surface area contributed by atoms with E-state index in [4.69, 9.17) is 9.84 Å². The highest BCUT2D eigenvalue weighted by Crippen LogP contribution is 2.29. The van der Waals surface area contributed by atoms with E-state index in [0.29, 0.717) is 48.9 Å². The number of pyridine rings is 2. The molecule has 0 bridgehead atoms. The van der Waals surface area contributed by atoms with Crippen LogP contribution in [0.3, 0.4) is 0 Å². The van der Waals surface area contributed by atoms with Crippen molar-refractivity contribution in [2.45, 2.75) is 50.6 Å². The largest absolute Gasteiger partial charge is 0.438 e. The Hall–Kier alpha value is -5.15. The summed E-state index contributed by atoms with van der Waals surface area (Å²) in [6, 6.07) is 25.8. The molecule has 2 amide bonds. The summed E-state index contributed by atoms with van der Waals surface area (Å²) >= 11 is 0. The van der Waals surface area contributed by atoms with Gasteiger partial charge in [-0.15, -0.1) is 0 Å². The summed E-state index contributed by atoms with van der Waals surface area (Å²) in [5.74, 6) is -0.788. The van der Waals surface area contributed by atoms with Crippen LogP contribution in [-0.4, -0.2) is 45.6 Å². The number of rotatable bonds is 10. The van der Waals surface area contributed by atoms with Crippen molar-refractivity contribution in [1.82, 2.24) is 20.6 Å². The van der Waals surface area contributed by atoms with Gasteiger partial charge in [0.25, 0.3) is 11.8 Å². The van der Waals surface area contributed by atoms with E-state index in [0.717, 1.165) is 40.8 Å². The van der Waals surface area contributed by atoms with Crippen molar-refractivity contribution in [2.75, 3.05) is 6.61 Å². The van der Waals surface area contributed by atoms with Gasteiger partial charge in [-0.2, -0.15) is 0 Å². The molecule has 5 aromatic rings. The molecule has 1 fully saturated rings. The molecule has 9 heteroatoms. The fourth-order valence-corrected chi connectivity index (χ4v) is 5.86. The third-order valence-electron chi connectivity index (χ3n) is 8.30. The lowest BCUT2D eigenvalue weighted by atomic mass is 9.90. The van der Waals surface area contributed by atoms with Crippen LogP contribution in [0.25, 0.3) is 22.0 Å². The van der Waals surface area contributed by atoms with Crippen molar-refractivity contribution in [1.29, 1.82) is 0 Å². The molecule has 1 aliphatic rings. The Labute approximate surface area is 266 Å². The zero-order chi connectivity index (χ0) is 31.9. The van der Waals surface area contributed by atoms with Crippen molar-refractivity contribution in [3.63, 3.8) is 0 Å². The predicted molar refractivity (Wildman–Crippen MR) is 174 cm³/mol. The SMILES string of the molecule is O=C(N[C@H]1CC[C@H](NC(=O)c2cccc3cccnc23)CC1)c1cc(F)cnc1Oc1cccc(-c2ccc(CCCO)cc2)c1. The van der Waals surface area contributed by atoms with E-state index >= 15 is 0 Å². The van der Waals surface area contributed by atoms with Crippen LogP contribution in [0.15, 0.2) is 97.3 Å². The Morgan fingerprint density at radius 3 is 2.24 bits per heavy atom. The lowest BCUT2D eigenvalue weighted by molar-refractivity contribution is 0.0890. The Bertz CT molecular complexity index is 1830. The topological polar surface area (TPSA) is 113 Å². The summed E-state index contributed by atoms with van der Waals surface area (Å²) in [6.45, 7) is 0.157. The predicted octanol–water partition coefficient (Wildman–Crippen LogP) is 6.62. The highest BCUT2D eigenvalue weighted by atomic mass is 19.1. The average molecular weight is 619 g/mol. The number of halogens is 1. The number of nitrogens with one attached hydrogen (secondary N) is 2. The molecule has 2 aromatic heterocycles. The molecule has 0 saturated heterocycles. The molecule has 0 unspecified atom stereocenters. The smallest absolute Gasteiger partial charge is 0.257 e. The number of ether oxygens (including phenoxy) is 1. The van der Waals surface area contributed by atoms with Gasteiger partial charge in [-0.3, -0.25) is 14.6 Å². The van der Waals surface area contributed by atoms with Gasteiger partial charge in [-0.25, -0.2) is 9.37 Å². The van der Waals surface area contributed by atoms with E-state index in [-0.39, 0.29) is 36.0 Å². The number of para-hydroxylation sites is 1. The summed E-state index contributed by atoms with van der Waals surface area (Å²) < 4.78 is 20.3. The molecule has 6 rings (SSSR count). The molecule has 0 atom stereocenters. The van der Waals surface area contributed by atoms with Crippen LogP contribution in [0.2, 0.25) is 0 Å². The average Bonchev–Trinajstić information content (AvgIpc) is 3.09. The van der Waals surface area contributed by atoms with Crippen LogP contribution >= 0.6 is 0 Å². The van der Waals surface area contributed by atoms with Gasteiger partial charge in [-0.05, 0) is 85.5 Å². The number of carbonyl (C=O) groups excluding carboxylic acids is 2. The molecule has 0 spiro atoms. The highest BCUT2D eigenvalue weighted by Gasteiger charge is 2.26. The maximum Gasteiger partial charge on any atom is 0.257 e. The van der Waals surface area contributed by atoms with E-state index in [9.17, 15) is 14.0 Å². The third kappa shape index (κ3) is 7.38. The standard InChI is InChI=1S/C37H35FN4O4/c38-28-22-33(37(40-23-28)46-31-9-1-7-27(21-31)25-13-11-24(12-14-25)5-4-20-43)36(45)42-30-17-15-29(16-18-30)41-35(44)32-10-2-6-26-8-3-19-39-34(26)32/h1-3,6-14,19,21-23,29-30,43H,4-5,15-18,20H2,(H,41,44)(H,42,45)/t29-,30-. The number of aliphatic hydroxyl groups is 1. The fraction of sp³-hybridized carbons (Fsp3) is 0.243. The second-order valence-corrected chi connectivity index (χ2v) is 11.5. The first-order chi connectivity index (χ1) is 22.5. The van der Waals surface area contributed by atoms with Gasteiger partial charge in [0.05, 0.1) is 17.3 Å². The van der Waals surface area contributed by atoms with E-state index in [2.05, 4.69) is 20.6 Å². The number of aromatic nitrogens is 2. The van der Waals surface area contributed by atoms with Crippen LogP contribution in [-0.2, 0) is 6.42 Å². The van der Waals surface area contributed by atoms with Gasteiger partial charge >= 0.3 is 0 Å². The second kappa shape index (κ2) is 14.3. The van der Waals surface area contributed by atoms with E-state index in [1.807, 2.05) is 66.7 Å². The van der Waals surface area contributed by atoms with Crippen LogP contribution in [0.4, 0.5) is 4.39 Å². The number of hydrogen-bond acceptors (Lipinski definition) is 6. The summed E-state index contributed by atoms with van der Waals surface area (Å²) in [7, 11) is 0. The third-order valence-corrected chi connectivity index (χ3v) is 8.30. The van der Waals surface area contributed by atoms with Crippen molar-refractivity contribution >= 4 is 22.7 Å². The molecule has 234 valence electrons. The fourth-order valence-electron chi connectivity index (χ4n) is 5.86. The molecule has 1 saturated carbocycles. The number of fused-ring (bicyclic) bond motifs is 1. The molecule has 0 aliphatic heterocycles. The minimum absolute atomic E-state index is 0.0116. The number of amides is 2. The number of benzene rings is 3. The molecular weight excluding hydrogens is 583 g/mol. The number of nitrogens with zero attached hydrogens (tertiary/aromatic N) is 2. The lowest BCUT2D eigenvalue weighted by Gasteiger charge is -2.30. The molecule has 8 nitrogen and oxygen atoms in total. The quantitative estimate of drug-likeness (QED) is 0.162. The molecule has 3 N–H and O–H groups in total. The number of aryl methyl sites for hydroxylation is 1. The Kier molecular flexibility index (Phi) is 9.59. The number of aliphatic hydroxyl groups excluding tert-OH is 1. The summed E-state index contributed by atoms with van der Waals surface area (Å²) in [6.07, 6.45) is 6.92. The molecule has 3 aromatic carbocycles. The lowest BCUT2D eigenvalue weighted by Crippen LogP contribution is -2.44. The minimum atomic E-state index is -0.637. The first-order valence-electron chi connectivity index (χ1n) is 15.6. The molecule has 0 radical (unpaired) electrons. The number of carbonyl (C=O) groups is 2. The molecule has 46 heavy (non-hydrogen) atoms. The summed E-state index contributed by atoms with van der Waals surface area (Å²) in [4.78, 5) is 34.9. The van der Waals surface area contributed by atoms with Crippen molar-refractivity contribution in [3.8, 4) is 22.8 Å². The van der Waals surface area contributed by atoms with E-state index < -0.39 is 11.7 Å². The normalized spacial score (nSPS) is 16.1. The van der Waals surface area contributed by atoms with Crippen molar-refractivity contribution < 1.29 is 23.8 Å². The molecule has 2 heterocycles. The monoisotopic (exact) mass is 618 g/mol. The van der Waals surface area contributed by atoms with Crippen LogP contribution in [0, 0.1) is 5.82 Å². The maximum absolute atomic E-state index is 14.3. The van der Waals surface area contributed by atoms with E-state index in [1.54, 1.807) is 18.3 Å². The second-order valence-electron chi connectivity index (χ2n) is 11.5. The van der Waals surface area contributed by atoms with Crippen molar-refractivity contribution in [2.24, 2.45) is 0 Å². The number of hydrogen-bond donors (Lipinski definition) is 3. The Morgan fingerprint density at radius 2 is 1.50 bits per heavy atom. The Balaban J connectivity index is 1.07. The molecular formula is C37H35FN4O4. The highest BCUT2D eigenvalue weighted by molar-refractivity contribution is 6.05. The van der Waals surface area contributed by atoms with Crippen LogP contribution < -0.4 is 15.4 Å². The summed E-state index contributed by atoms with van der Waals surface area (Å²) in [5.41, 5.74) is 4.27. The summed E-state index contributed by atoms with van der Waals surface area (Å²) in [5, 5.41) is 16.1. The van der Waals surface area contributed by atoms with Gasteiger partial charge in [-0.1, -0.05) is 54.6 Å². The molecule has 1 aliphatic carbocycles. The van der Waals surface area contributed by atoms with E-state index in [1.165, 1.54) is 0 Å². The maximum atomic E-state index is 14.3. The van der Waals surface area contributed by atoms with Gasteiger partial charge in [0, 0.05) is 30.3 Å². The zero-order valence-electron chi connectivity index (χ0n) is 25.3. The van der Waals surface area contributed by atoms with Gasteiger partial charge in [0.2, 0.25) is 5.88 Å². The zero-order valence-corrected chi connectivity index (χ0v) is 25.3. The van der Waals surface area contributed by atoms with Crippen molar-refractivity contribution in [3.05, 3.63) is 120 Å². The van der Waals surface area contributed by atoms with Gasteiger partial charge < -0.3 is 20.5 Å².